The lowest BCUT2D eigenvalue weighted by Crippen LogP contribution is -2.14. The van der Waals surface area contributed by atoms with Gasteiger partial charge >= 0.3 is 0 Å². The second-order valence-electron chi connectivity index (χ2n) is 5.02. The lowest BCUT2D eigenvalue weighted by atomic mass is 10.1. The minimum Gasteiger partial charge on any atom is -0.497 e. The van der Waals surface area contributed by atoms with Gasteiger partial charge in [0.05, 0.1) is 14.2 Å². The van der Waals surface area contributed by atoms with Gasteiger partial charge in [-0.3, -0.25) is 4.79 Å². The van der Waals surface area contributed by atoms with E-state index < -0.39 is 0 Å². The summed E-state index contributed by atoms with van der Waals surface area (Å²) in [6.07, 6.45) is 0.860. The third-order valence-corrected chi connectivity index (χ3v) is 3.59. The molecule has 0 bridgehead atoms. The maximum atomic E-state index is 12.5. The smallest absolute Gasteiger partial charge is 0.255 e. The summed E-state index contributed by atoms with van der Waals surface area (Å²) in [6, 6.07) is 11.1. The Bertz CT molecular complexity index is 658. The van der Waals surface area contributed by atoms with Gasteiger partial charge in [-0.2, -0.15) is 0 Å². The molecule has 0 aromatic heterocycles. The highest BCUT2D eigenvalue weighted by atomic mass is 16.5. The molecular formula is C18H21NO3. The summed E-state index contributed by atoms with van der Waals surface area (Å²) in [5.41, 5.74) is 3.53. The molecule has 2 rings (SSSR count). The molecular weight excluding hydrogens is 278 g/mol. The van der Waals surface area contributed by atoms with Crippen LogP contribution in [0.2, 0.25) is 0 Å². The number of rotatable bonds is 5. The lowest BCUT2D eigenvalue weighted by Gasteiger charge is -2.14. The molecule has 0 saturated carbocycles. The molecule has 116 valence electrons. The quantitative estimate of drug-likeness (QED) is 0.913. The zero-order valence-electron chi connectivity index (χ0n) is 13.4. The van der Waals surface area contributed by atoms with Crippen molar-refractivity contribution >= 4 is 11.6 Å². The van der Waals surface area contributed by atoms with Gasteiger partial charge in [0.2, 0.25) is 0 Å². The Morgan fingerprint density at radius 3 is 2.27 bits per heavy atom. The molecule has 0 aliphatic heterocycles. The van der Waals surface area contributed by atoms with E-state index in [9.17, 15) is 4.79 Å². The fourth-order valence-corrected chi connectivity index (χ4v) is 2.33. The van der Waals surface area contributed by atoms with Crippen molar-refractivity contribution in [1.29, 1.82) is 0 Å². The highest BCUT2D eigenvalue weighted by Crippen LogP contribution is 2.25. The minimum atomic E-state index is -0.179. The first-order chi connectivity index (χ1) is 10.6. The van der Waals surface area contributed by atoms with Gasteiger partial charge < -0.3 is 14.8 Å². The van der Waals surface area contributed by atoms with Gasteiger partial charge in [0.1, 0.15) is 11.5 Å². The molecule has 0 aliphatic rings. The van der Waals surface area contributed by atoms with Crippen LogP contribution >= 0.6 is 0 Å². The third kappa shape index (κ3) is 3.39. The maximum absolute atomic E-state index is 12.5. The zero-order chi connectivity index (χ0) is 16.1. The minimum absolute atomic E-state index is 0.179. The van der Waals surface area contributed by atoms with E-state index in [2.05, 4.69) is 12.2 Å². The van der Waals surface area contributed by atoms with Crippen LogP contribution in [0.4, 0.5) is 5.69 Å². The molecule has 1 amide bonds. The maximum Gasteiger partial charge on any atom is 0.255 e. The fraction of sp³-hybridized carbons (Fsp3) is 0.278. The number of aryl methyl sites for hydroxylation is 2. The summed E-state index contributed by atoms with van der Waals surface area (Å²) >= 11 is 0. The molecule has 2 aromatic rings. The average Bonchev–Trinajstić information content (AvgIpc) is 2.55. The van der Waals surface area contributed by atoms with Crippen LogP contribution in [0, 0.1) is 6.92 Å². The molecule has 0 saturated heterocycles. The molecule has 4 nitrogen and oxygen atoms in total. The van der Waals surface area contributed by atoms with Gasteiger partial charge in [-0.05, 0) is 36.6 Å². The largest absolute Gasteiger partial charge is 0.497 e. The predicted octanol–water partition coefficient (Wildman–Crippen LogP) is 3.83. The number of amides is 1. The molecule has 0 heterocycles. The Balaban J connectivity index is 2.34. The number of nitrogens with one attached hydrogen (secondary N) is 1. The van der Waals surface area contributed by atoms with Crippen LogP contribution < -0.4 is 14.8 Å². The molecule has 22 heavy (non-hydrogen) atoms. The Labute approximate surface area is 131 Å². The van der Waals surface area contributed by atoms with Gasteiger partial charge in [0.25, 0.3) is 5.91 Å². The molecule has 0 aliphatic carbocycles. The van der Waals surface area contributed by atoms with E-state index in [-0.39, 0.29) is 5.91 Å². The van der Waals surface area contributed by atoms with Crippen LogP contribution in [0.15, 0.2) is 36.4 Å². The topological polar surface area (TPSA) is 47.6 Å². The van der Waals surface area contributed by atoms with Crippen molar-refractivity contribution in [1.82, 2.24) is 0 Å². The van der Waals surface area contributed by atoms with Crippen LogP contribution in [-0.2, 0) is 6.42 Å². The van der Waals surface area contributed by atoms with Gasteiger partial charge in [-0.15, -0.1) is 0 Å². The van der Waals surface area contributed by atoms with E-state index in [0.29, 0.717) is 17.1 Å². The van der Waals surface area contributed by atoms with Gasteiger partial charge in [0.15, 0.2) is 0 Å². The molecule has 0 spiro atoms. The van der Waals surface area contributed by atoms with Crippen LogP contribution in [0.1, 0.15) is 28.4 Å². The summed E-state index contributed by atoms with van der Waals surface area (Å²) in [7, 11) is 3.12. The Kier molecular flexibility index (Phi) is 5.04. The van der Waals surface area contributed by atoms with Crippen molar-refractivity contribution in [2.75, 3.05) is 19.5 Å². The number of benzene rings is 2. The Hall–Kier alpha value is -2.49. The number of hydrogen-bond acceptors (Lipinski definition) is 3. The first-order valence-corrected chi connectivity index (χ1v) is 7.22. The number of anilines is 1. The zero-order valence-corrected chi connectivity index (χ0v) is 13.4. The van der Waals surface area contributed by atoms with Crippen molar-refractivity contribution in [2.24, 2.45) is 0 Å². The molecule has 0 fully saturated rings. The van der Waals surface area contributed by atoms with Crippen molar-refractivity contribution in [2.45, 2.75) is 20.3 Å². The van der Waals surface area contributed by atoms with E-state index in [1.54, 1.807) is 32.4 Å². The summed E-state index contributed by atoms with van der Waals surface area (Å²) < 4.78 is 10.4. The van der Waals surface area contributed by atoms with E-state index in [1.165, 1.54) is 0 Å². The SMILES string of the molecule is CCc1cccc(C)c1NC(=O)c1cc(OC)cc(OC)c1. The van der Waals surface area contributed by atoms with Gasteiger partial charge in [-0.25, -0.2) is 0 Å². The van der Waals surface area contributed by atoms with Crippen molar-refractivity contribution in [3.8, 4) is 11.5 Å². The van der Waals surface area contributed by atoms with Crippen molar-refractivity contribution in [3.63, 3.8) is 0 Å². The summed E-state index contributed by atoms with van der Waals surface area (Å²) in [4.78, 5) is 12.5. The normalized spacial score (nSPS) is 10.2. The molecule has 0 unspecified atom stereocenters. The molecule has 1 N–H and O–H groups in total. The number of carbonyl (C=O) groups excluding carboxylic acids is 1. The number of ether oxygens (including phenoxy) is 2. The molecule has 2 aromatic carbocycles. The standard InChI is InChI=1S/C18H21NO3/c1-5-13-8-6-7-12(2)17(13)19-18(20)14-9-15(21-3)11-16(10-14)22-4/h6-11H,5H2,1-4H3,(H,19,20). The average molecular weight is 299 g/mol. The highest BCUT2D eigenvalue weighted by molar-refractivity contribution is 6.05. The van der Waals surface area contributed by atoms with Gasteiger partial charge in [0, 0.05) is 17.3 Å². The van der Waals surface area contributed by atoms with Crippen molar-refractivity contribution < 1.29 is 14.3 Å². The second-order valence-corrected chi connectivity index (χ2v) is 5.02. The molecule has 0 radical (unpaired) electrons. The van der Waals surface area contributed by atoms with Crippen LogP contribution in [-0.4, -0.2) is 20.1 Å². The lowest BCUT2D eigenvalue weighted by molar-refractivity contribution is 0.102. The summed E-state index contributed by atoms with van der Waals surface area (Å²) in [5, 5.41) is 3.00. The van der Waals surface area contributed by atoms with Crippen molar-refractivity contribution in [3.05, 3.63) is 53.1 Å². The number of carbonyl (C=O) groups is 1. The number of hydrogen-bond donors (Lipinski definition) is 1. The predicted molar refractivity (Wildman–Crippen MR) is 88.1 cm³/mol. The first kappa shape index (κ1) is 15.9. The van der Waals surface area contributed by atoms with Crippen LogP contribution in [0.5, 0.6) is 11.5 Å². The molecule has 0 atom stereocenters. The summed E-state index contributed by atoms with van der Waals surface area (Å²) in [5.74, 6) is 0.996. The van der Waals surface area contributed by atoms with Gasteiger partial charge in [-0.1, -0.05) is 25.1 Å². The van der Waals surface area contributed by atoms with Crippen LogP contribution in [0.25, 0.3) is 0 Å². The Morgan fingerprint density at radius 2 is 1.73 bits per heavy atom. The second kappa shape index (κ2) is 6.98. The van der Waals surface area contributed by atoms with E-state index >= 15 is 0 Å². The monoisotopic (exact) mass is 299 g/mol. The van der Waals surface area contributed by atoms with Crippen LogP contribution in [0.3, 0.4) is 0 Å². The number of para-hydroxylation sites is 1. The first-order valence-electron chi connectivity index (χ1n) is 7.22. The highest BCUT2D eigenvalue weighted by Gasteiger charge is 2.13. The van der Waals surface area contributed by atoms with E-state index in [4.69, 9.17) is 9.47 Å². The fourth-order valence-electron chi connectivity index (χ4n) is 2.33. The Morgan fingerprint density at radius 1 is 1.09 bits per heavy atom. The van der Waals surface area contributed by atoms with E-state index in [0.717, 1.165) is 23.2 Å². The van der Waals surface area contributed by atoms with E-state index in [1.807, 2.05) is 25.1 Å². The molecule has 4 heteroatoms. The number of methoxy groups -OCH3 is 2. The summed E-state index contributed by atoms with van der Waals surface area (Å²) in [6.45, 7) is 4.06. The third-order valence-electron chi connectivity index (χ3n) is 3.59.